The molecule has 0 N–H and O–H groups in total. The van der Waals surface area contributed by atoms with Crippen molar-refractivity contribution >= 4 is 15.9 Å². The van der Waals surface area contributed by atoms with Crippen molar-refractivity contribution in [3.63, 3.8) is 0 Å². The van der Waals surface area contributed by atoms with Crippen LogP contribution in [0.15, 0.2) is 6.07 Å². The van der Waals surface area contributed by atoms with Crippen LogP contribution in [-0.2, 0) is 0 Å². The lowest BCUT2D eigenvalue weighted by atomic mass is 10.1. The van der Waals surface area contributed by atoms with Crippen LogP contribution in [0.4, 0.5) is 0 Å². The number of nitrogens with zero attached hydrogens (tertiary/aromatic N) is 3. The molecule has 1 atom stereocenters. The number of aryl methyl sites for hydroxylation is 1. The van der Waals surface area contributed by atoms with E-state index in [0.29, 0.717) is 22.7 Å². The Labute approximate surface area is 91.1 Å². The van der Waals surface area contributed by atoms with Crippen molar-refractivity contribution < 1.29 is 4.74 Å². The van der Waals surface area contributed by atoms with E-state index >= 15 is 0 Å². The van der Waals surface area contributed by atoms with E-state index < -0.39 is 0 Å². The molecule has 0 aliphatic carbocycles. The van der Waals surface area contributed by atoms with Gasteiger partial charge in [-0.25, -0.2) is 4.98 Å². The molecule has 1 rings (SSSR count). The highest BCUT2D eigenvalue weighted by Crippen LogP contribution is 2.18. The van der Waals surface area contributed by atoms with E-state index in [1.54, 1.807) is 20.1 Å². The van der Waals surface area contributed by atoms with Crippen LogP contribution in [0, 0.1) is 18.3 Å². The first-order valence-corrected chi connectivity index (χ1v) is 5.18. The summed E-state index contributed by atoms with van der Waals surface area (Å²) >= 11 is 3.26. The number of halogens is 1. The quantitative estimate of drug-likeness (QED) is 0.773. The maximum Gasteiger partial charge on any atom is 0.216 e. The minimum absolute atomic E-state index is 0.259. The molecule has 1 aromatic heterocycles. The molecule has 74 valence electrons. The van der Waals surface area contributed by atoms with E-state index in [1.807, 2.05) is 0 Å². The van der Waals surface area contributed by atoms with Crippen LogP contribution in [0.3, 0.4) is 0 Å². The molecule has 0 amide bonds. The van der Waals surface area contributed by atoms with Crippen molar-refractivity contribution in [2.24, 2.45) is 0 Å². The summed E-state index contributed by atoms with van der Waals surface area (Å²) in [6.07, 6.45) is 0. The normalized spacial score (nSPS) is 11.9. The van der Waals surface area contributed by atoms with Crippen LogP contribution in [0.1, 0.15) is 17.4 Å². The highest BCUT2D eigenvalue weighted by atomic mass is 79.9. The summed E-state index contributed by atoms with van der Waals surface area (Å²) in [5.74, 6) is 0.847. The molecule has 0 fully saturated rings. The lowest BCUT2D eigenvalue weighted by molar-refractivity contribution is 0.394. The third-order valence-corrected chi connectivity index (χ3v) is 2.36. The molecule has 1 unspecified atom stereocenters. The van der Waals surface area contributed by atoms with E-state index in [4.69, 9.17) is 10.00 Å². The molecule has 1 heterocycles. The van der Waals surface area contributed by atoms with Gasteiger partial charge in [-0.05, 0) is 6.92 Å². The summed E-state index contributed by atoms with van der Waals surface area (Å²) in [6.45, 7) is 1.77. The van der Waals surface area contributed by atoms with E-state index in [2.05, 4.69) is 32.0 Å². The molecule has 0 bridgehead atoms. The molecule has 1 aromatic rings. The van der Waals surface area contributed by atoms with Gasteiger partial charge in [0.2, 0.25) is 5.88 Å². The fraction of sp³-hybridized carbons (Fsp3) is 0.444. The predicted molar refractivity (Wildman–Crippen MR) is 55.5 cm³/mol. The molecule has 4 nitrogen and oxygen atoms in total. The van der Waals surface area contributed by atoms with Crippen LogP contribution in [0.2, 0.25) is 0 Å². The maximum absolute atomic E-state index is 8.85. The fourth-order valence-electron chi connectivity index (χ4n) is 1.03. The first-order valence-electron chi connectivity index (χ1n) is 4.06. The summed E-state index contributed by atoms with van der Waals surface area (Å²) in [5.41, 5.74) is 0.689. The molecule has 0 radical (unpaired) electrons. The zero-order chi connectivity index (χ0) is 10.6. The summed E-state index contributed by atoms with van der Waals surface area (Å²) < 4.78 is 5.00. The highest BCUT2D eigenvalue weighted by molar-refractivity contribution is 9.09. The van der Waals surface area contributed by atoms with Gasteiger partial charge in [0.1, 0.15) is 5.82 Å². The van der Waals surface area contributed by atoms with Gasteiger partial charge in [-0.1, -0.05) is 15.9 Å². The molecule has 0 aromatic carbocycles. The number of hydrogen-bond acceptors (Lipinski definition) is 4. The Morgan fingerprint density at radius 2 is 2.36 bits per heavy atom. The number of methoxy groups -OCH3 is 1. The first kappa shape index (κ1) is 10.9. The predicted octanol–water partition coefficient (Wildman–Crippen LogP) is 1.80. The smallest absolute Gasteiger partial charge is 0.216 e. The van der Waals surface area contributed by atoms with E-state index in [0.717, 1.165) is 0 Å². The van der Waals surface area contributed by atoms with Crippen LogP contribution in [0.5, 0.6) is 5.88 Å². The van der Waals surface area contributed by atoms with Crippen molar-refractivity contribution in [1.82, 2.24) is 9.97 Å². The highest BCUT2D eigenvalue weighted by Gasteiger charge is 2.12. The standard InChI is InChI=1S/C9H10BrN3O/c1-6-12-8(7(4-10)5-11)3-9(13-6)14-2/h3,7H,4H2,1-2H3. The topological polar surface area (TPSA) is 58.8 Å². The number of alkyl halides is 1. The Balaban J connectivity index is 3.09. The maximum atomic E-state index is 8.85. The van der Waals surface area contributed by atoms with Crippen LogP contribution < -0.4 is 4.74 Å². The Morgan fingerprint density at radius 1 is 1.64 bits per heavy atom. The number of rotatable bonds is 3. The minimum atomic E-state index is -0.259. The summed E-state index contributed by atoms with van der Waals surface area (Å²) in [6, 6.07) is 3.84. The zero-order valence-electron chi connectivity index (χ0n) is 7.99. The van der Waals surface area contributed by atoms with Gasteiger partial charge in [0.15, 0.2) is 0 Å². The molecule has 0 aliphatic rings. The summed E-state index contributed by atoms with van der Waals surface area (Å²) in [5, 5.41) is 9.41. The second-order valence-corrected chi connectivity index (χ2v) is 3.37. The lowest BCUT2D eigenvalue weighted by Gasteiger charge is -2.07. The second-order valence-electron chi connectivity index (χ2n) is 2.72. The van der Waals surface area contributed by atoms with Gasteiger partial charge in [-0.15, -0.1) is 0 Å². The van der Waals surface area contributed by atoms with Gasteiger partial charge in [0.25, 0.3) is 0 Å². The Bertz CT molecular complexity index is 362. The molecule has 0 saturated carbocycles. The molecule has 14 heavy (non-hydrogen) atoms. The minimum Gasteiger partial charge on any atom is -0.481 e. The van der Waals surface area contributed by atoms with Crippen LogP contribution in [-0.4, -0.2) is 22.4 Å². The molecular weight excluding hydrogens is 246 g/mol. The van der Waals surface area contributed by atoms with Crippen LogP contribution in [0.25, 0.3) is 0 Å². The molecule has 0 aliphatic heterocycles. The Kier molecular flexibility index (Phi) is 3.84. The zero-order valence-corrected chi connectivity index (χ0v) is 9.58. The van der Waals surface area contributed by atoms with Crippen LogP contribution >= 0.6 is 15.9 Å². The van der Waals surface area contributed by atoms with Gasteiger partial charge < -0.3 is 4.74 Å². The van der Waals surface area contributed by atoms with Gasteiger partial charge in [0.05, 0.1) is 24.8 Å². The van der Waals surface area contributed by atoms with E-state index in [-0.39, 0.29) is 5.92 Å². The summed E-state index contributed by atoms with van der Waals surface area (Å²) in [7, 11) is 1.54. The number of hydrogen-bond donors (Lipinski definition) is 0. The van der Waals surface area contributed by atoms with Gasteiger partial charge >= 0.3 is 0 Å². The number of ether oxygens (including phenoxy) is 1. The second kappa shape index (κ2) is 4.91. The van der Waals surface area contributed by atoms with Crippen molar-refractivity contribution in [3.8, 4) is 11.9 Å². The Morgan fingerprint density at radius 3 is 2.86 bits per heavy atom. The average molecular weight is 256 g/mol. The van der Waals surface area contributed by atoms with Gasteiger partial charge in [0, 0.05) is 11.4 Å². The molecular formula is C9H10BrN3O. The lowest BCUT2D eigenvalue weighted by Crippen LogP contribution is -2.04. The van der Waals surface area contributed by atoms with Crippen molar-refractivity contribution in [2.75, 3.05) is 12.4 Å². The average Bonchev–Trinajstić information content (AvgIpc) is 2.19. The third-order valence-electron chi connectivity index (χ3n) is 1.71. The van der Waals surface area contributed by atoms with Gasteiger partial charge in [-0.3, -0.25) is 0 Å². The van der Waals surface area contributed by atoms with Crippen molar-refractivity contribution in [1.29, 1.82) is 5.26 Å². The van der Waals surface area contributed by atoms with Crippen molar-refractivity contribution in [2.45, 2.75) is 12.8 Å². The summed E-state index contributed by atoms with van der Waals surface area (Å²) in [4.78, 5) is 8.23. The Hall–Kier alpha value is -1.15. The van der Waals surface area contributed by atoms with E-state index in [9.17, 15) is 0 Å². The largest absolute Gasteiger partial charge is 0.481 e. The van der Waals surface area contributed by atoms with E-state index in [1.165, 1.54) is 0 Å². The monoisotopic (exact) mass is 255 g/mol. The van der Waals surface area contributed by atoms with Gasteiger partial charge in [-0.2, -0.15) is 10.2 Å². The molecule has 0 spiro atoms. The van der Waals surface area contributed by atoms with Crippen molar-refractivity contribution in [3.05, 3.63) is 17.6 Å². The number of aromatic nitrogens is 2. The molecule has 0 saturated heterocycles. The third kappa shape index (κ3) is 2.42. The fourth-order valence-corrected chi connectivity index (χ4v) is 1.50. The SMILES string of the molecule is COc1cc(C(C#N)CBr)nc(C)n1. The first-order chi connectivity index (χ1) is 6.71. The number of nitriles is 1. The molecule has 5 heteroatoms.